The topological polar surface area (TPSA) is 102 Å². The third-order valence-electron chi connectivity index (χ3n) is 4.45. The minimum Gasteiger partial charge on any atom is -0.450 e. The van der Waals surface area contributed by atoms with Gasteiger partial charge >= 0.3 is 6.09 Å². The molecule has 7 nitrogen and oxygen atoms in total. The van der Waals surface area contributed by atoms with Gasteiger partial charge in [0.15, 0.2) is 6.23 Å². The number of alkyl carbamates (subject to hydrolysis) is 1. The van der Waals surface area contributed by atoms with Crippen LogP contribution in [0, 0.1) is 6.92 Å². The fourth-order valence-corrected chi connectivity index (χ4v) is 3.69. The highest BCUT2D eigenvalue weighted by Crippen LogP contribution is 2.17. The molecule has 0 spiro atoms. The van der Waals surface area contributed by atoms with Crippen LogP contribution in [0.4, 0.5) is 4.79 Å². The van der Waals surface area contributed by atoms with Crippen molar-refractivity contribution >= 4 is 16.2 Å². The Morgan fingerprint density at radius 1 is 1.10 bits per heavy atom. The van der Waals surface area contributed by atoms with Crippen molar-refractivity contribution in [3.05, 3.63) is 65.7 Å². The third-order valence-corrected chi connectivity index (χ3v) is 5.76. The van der Waals surface area contributed by atoms with Crippen LogP contribution in [-0.4, -0.2) is 38.6 Å². The molecule has 2 aromatic rings. The lowest BCUT2D eigenvalue weighted by Crippen LogP contribution is -2.46. The fourth-order valence-electron chi connectivity index (χ4n) is 2.66. The van der Waals surface area contributed by atoms with Crippen LogP contribution < -0.4 is 5.32 Å². The van der Waals surface area contributed by atoms with Crippen molar-refractivity contribution in [3.63, 3.8) is 0 Å². The highest BCUT2D eigenvalue weighted by molar-refractivity contribution is 7.86. The first kappa shape index (κ1) is 23.9. The van der Waals surface area contributed by atoms with Gasteiger partial charge in [-0.05, 0) is 43.9 Å². The Bertz CT molecular complexity index is 884. The quantitative estimate of drug-likeness (QED) is 0.318. The van der Waals surface area contributed by atoms with Crippen LogP contribution in [0.15, 0.2) is 59.5 Å². The molecule has 2 N–H and O–H groups in total. The Morgan fingerprint density at radius 3 is 2.40 bits per heavy atom. The van der Waals surface area contributed by atoms with Crippen molar-refractivity contribution < 1.29 is 27.2 Å². The molecule has 0 aliphatic rings. The molecule has 0 saturated heterocycles. The monoisotopic (exact) mass is 435 g/mol. The minimum absolute atomic E-state index is 0.0606. The first-order valence-corrected chi connectivity index (χ1v) is 11.4. The van der Waals surface area contributed by atoms with Crippen molar-refractivity contribution in [1.82, 2.24) is 5.32 Å². The predicted octanol–water partition coefficient (Wildman–Crippen LogP) is 3.55. The number of hydrogen-bond acceptors (Lipinski definition) is 6. The summed E-state index contributed by atoms with van der Waals surface area (Å²) in [5.41, 5.74) is 1.87. The smallest absolute Gasteiger partial charge is 0.409 e. The molecule has 0 aliphatic heterocycles. The Morgan fingerprint density at radius 2 is 1.77 bits per heavy atom. The molecule has 0 radical (unpaired) electrons. The first-order chi connectivity index (χ1) is 14.3. The zero-order valence-corrected chi connectivity index (χ0v) is 18.1. The standard InChI is InChI=1S/C22H29NO6S/c1-3-4-16-28-22(25)23-21(20(24)15-12-18-8-6-5-7-9-18)29-30(26,27)19-13-10-17(2)11-14-19/h5-11,13-14,20-21,24H,3-4,12,15-16H2,1-2H3,(H,23,25)/t20-,21?/m1/s1. The number of aryl methyl sites for hydroxylation is 2. The molecule has 2 aromatic carbocycles. The molecule has 0 aliphatic carbocycles. The zero-order valence-electron chi connectivity index (χ0n) is 17.3. The summed E-state index contributed by atoms with van der Waals surface area (Å²) in [7, 11) is -4.21. The molecule has 2 atom stereocenters. The number of aliphatic hydroxyl groups excluding tert-OH is 1. The van der Waals surface area contributed by atoms with E-state index in [1.807, 2.05) is 44.2 Å². The second kappa shape index (κ2) is 11.7. The zero-order chi connectivity index (χ0) is 22.0. The van der Waals surface area contributed by atoms with E-state index in [4.69, 9.17) is 8.92 Å². The van der Waals surface area contributed by atoms with E-state index in [9.17, 15) is 18.3 Å². The van der Waals surface area contributed by atoms with Gasteiger partial charge < -0.3 is 9.84 Å². The second-order valence-corrected chi connectivity index (χ2v) is 8.58. The van der Waals surface area contributed by atoms with Crippen LogP contribution in [0.5, 0.6) is 0 Å². The summed E-state index contributed by atoms with van der Waals surface area (Å²) in [5, 5.41) is 12.9. The van der Waals surface area contributed by atoms with E-state index in [0.29, 0.717) is 12.8 Å². The van der Waals surface area contributed by atoms with Crippen LogP contribution in [-0.2, 0) is 25.5 Å². The van der Waals surface area contributed by atoms with Crippen molar-refractivity contribution in [2.24, 2.45) is 0 Å². The summed E-state index contributed by atoms with van der Waals surface area (Å²) in [4.78, 5) is 12.0. The molecule has 0 bridgehead atoms. The first-order valence-electron chi connectivity index (χ1n) is 9.97. The molecule has 1 unspecified atom stereocenters. The third kappa shape index (κ3) is 7.78. The number of ether oxygens (including phenoxy) is 1. The Hall–Kier alpha value is -2.42. The van der Waals surface area contributed by atoms with Gasteiger partial charge in [0, 0.05) is 0 Å². The summed E-state index contributed by atoms with van der Waals surface area (Å²) in [6.07, 6.45) is -1.39. The van der Waals surface area contributed by atoms with E-state index in [1.54, 1.807) is 12.1 Å². The average Bonchev–Trinajstić information content (AvgIpc) is 2.72. The van der Waals surface area contributed by atoms with E-state index in [1.165, 1.54) is 12.1 Å². The number of benzene rings is 2. The van der Waals surface area contributed by atoms with Crippen LogP contribution in [0.25, 0.3) is 0 Å². The van der Waals surface area contributed by atoms with Gasteiger partial charge in [-0.2, -0.15) is 8.42 Å². The van der Waals surface area contributed by atoms with Crippen molar-refractivity contribution in [2.45, 2.75) is 56.8 Å². The average molecular weight is 436 g/mol. The lowest BCUT2D eigenvalue weighted by Gasteiger charge is -2.23. The van der Waals surface area contributed by atoms with Crippen molar-refractivity contribution in [2.75, 3.05) is 6.61 Å². The lowest BCUT2D eigenvalue weighted by atomic mass is 10.1. The number of aliphatic hydroxyl groups is 1. The fraction of sp³-hybridized carbons (Fsp3) is 0.409. The van der Waals surface area contributed by atoms with Crippen LogP contribution in [0.2, 0.25) is 0 Å². The molecule has 164 valence electrons. The molecule has 0 aromatic heterocycles. The van der Waals surface area contributed by atoms with Crippen LogP contribution in [0.1, 0.15) is 37.3 Å². The van der Waals surface area contributed by atoms with Gasteiger partial charge in [0.25, 0.3) is 10.1 Å². The van der Waals surface area contributed by atoms with Gasteiger partial charge in [0.1, 0.15) is 6.10 Å². The van der Waals surface area contributed by atoms with Gasteiger partial charge in [-0.25, -0.2) is 8.98 Å². The summed E-state index contributed by atoms with van der Waals surface area (Å²) in [6, 6.07) is 15.5. The van der Waals surface area contributed by atoms with E-state index < -0.39 is 28.5 Å². The maximum atomic E-state index is 12.6. The van der Waals surface area contributed by atoms with Gasteiger partial charge in [0.05, 0.1) is 11.5 Å². The van der Waals surface area contributed by atoms with Crippen LogP contribution >= 0.6 is 0 Å². The second-order valence-electron chi connectivity index (χ2n) is 7.01. The maximum absolute atomic E-state index is 12.6. The normalized spacial score (nSPS) is 13.4. The van der Waals surface area contributed by atoms with Crippen LogP contribution in [0.3, 0.4) is 0 Å². The van der Waals surface area contributed by atoms with Gasteiger partial charge in [-0.3, -0.25) is 5.32 Å². The van der Waals surface area contributed by atoms with Gasteiger partial charge in [0.2, 0.25) is 0 Å². The van der Waals surface area contributed by atoms with E-state index in [0.717, 1.165) is 17.5 Å². The SMILES string of the molecule is CCCCOC(=O)NC(OS(=O)(=O)c1ccc(C)cc1)[C@H](O)CCc1ccccc1. The summed E-state index contributed by atoms with van der Waals surface area (Å²) in [6.45, 7) is 3.98. The number of hydrogen-bond donors (Lipinski definition) is 2. The molecular weight excluding hydrogens is 406 g/mol. The number of amides is 1. The number of carbonyl (C=O) groups is 1. The molecule has 1 amide bonds. The van der Waals surface area contributed by atoms with Crippen molar-refractivity contribution in [3.8, 4) is 0 Å². The number of carbonyl (C=O) groups excluding carboxylic acids is 1. The van der Waals surface area contributed by atoms with Gasteiger partial charge in [-0.15, -0.1) is 0 Å². The Balaban J connectivity index is 2.10. The molecule has 2 rings (SSSR count). The van der Waals surface area contributed by atoms with E-state index >= 15 is 0 Å². The minimum atomic E-state index is -4.21. The largest absolute Gasteiger partial charge is 0.450 e. The molecule has 30 heavy (non-hydrogen) atoms. The number of rotatable bonds is 11. The van der Waals surface area contributed by atoms with Gasteiger partial charge in [-0.1, -0.05) is 61.4 Å². The Labute approximate surface area is 178 Å². The lowest BCUT2D eigenvalue weighted by molar-refractivity contribution is 0.0127. The Kier molecular flexibility index (Phi) is 9.29. The summed E-state index contributed by atoms with van der Waals surface area (Å²) >= 11 is 0. The van der Waals surface area contributed by atoms with E-state index in [2.05, 4.69) is 5.32 Å². The predicted molar refractivity (Wildman–Crippen MR) is 113 cm³/mol. The number of unbranched alkanes of at least 4 members (excludes halogenated alkanes) is 1. The highest BCUT2D eigenvalue weighted by Gasteiger charge is 2.29. The number of nitrogens with one attached hydrogen (secondary N) is 1. The molecular formula is C22H29NO6S. The maximum Gasteiger partial charge on any atom is 0.409 e. The highest BCUT2D eigenvalue weighted by atomic mass is 32.2. The summed E-state index contributed by atoms with van der Waals surface area (Å²) in [5.74, 6) is 0. The molecule has 8 heteroatoms. The molecule has 0 saturated carbocycles. The van der Waals surface area contributed by atoms with E-state index in [-0.39, 0.29) is 17.9 Å². The molecule has 0 fully saturated rings. The summed E-state index contributed by atoms with van der Waals surface area (Å²) < 4.78 is 35.5. The van der Waals surface area contributed by atoms with Crippen molar-refractivity contribution in [1.29, 1.82) is 0 Å². The molecule has 0 heterocycles.